The summed E-state index contributed by atoms with van der Waals surface area (Å²) in [4.78, 5) is 4.45. The van der Waals surface area contributed by atoms with Gasteiger partial charge in [0.15, 0.2) is 11.6 Å². The second-order valence-corrected chi connectivity index (χ2v) is 9.34. The third-order valence-corrected chi connectivity index (χ3v) is 7.01. The molecule has 1 aromatic carbocycles. The molecule has 0 amide bonds. The number of hydrogen-bond acceptors (Lipinski definition) is 6. The molecule has 0 saturated carbocycles. The van der Waals surface area contributed by atoms with Crippen LogP contribution in [0.4, 0.5) is 4.39 Å². The summed E-state index contributed by atoms with van der Waals surface area (Å²) >= 11 is 1.59. The van der Waals surface area contributed by atoms with Crippen LogP contribution in [0.3, 0.4) is 0 Å². The van der Waals surface area contributed by atoms with Gasteiger partial charge in [0, 0.05) is 38.8 Å². The number of sulfonamides is 1. The molecule has 1 atom stereocenters. The molecule has 1 N–H and O–H groups in total. The summed E-state index contributed by atoms with van der Waals surface area (Å²) in [6.07, 6.45) is 0. The van der Waals surface area contributed by atoms with Crippen LogP contribution in [0, 0.1) is 5.82 Å². The molecule has 0 bridgehead atoms. The van der Waals surface area contributed by atoms with E-state index < -0.39 is 15.8 Å². The van der Waals surface area contributed by atoms with Crippen molar-refractivity contribution in [2.75, 3.05) is 46.4 Å². The van der Waals surface area contributed by atoms with Gasteiger partial charge in [-0.2, -0.15) is 11.3 Å². The number of halogens is 1. The molecule has 1 aliphatic rings. The summed E-state index contributed by atoms with van der Waals surface area (Å²) in [5.74, 6) is -0.631. The van der Waals surface area contributed by atoms with E-state index in [0.29, 0.717) is 6.61 Å². The Bertz CT molecular complexity index is 867. The van der Waals surface area contributed by atoms with Crippen molar-refractivity contribution in [1.82, 2.24) is 14.5 Å². The number of hydrogen-bond donors (Lipinski definition) is 1. The molecule has 28 heavy (non-hydrogen) atoms. The van der Waals surface area contributed by atoms with Crippen molar-refractivity contribution in [2.24, 2.45) is 0 Å². The molecule has 0 spiro atoms. The highest BCUT2D eigenvalue weighted by molar-refractivity contribution is 7.89. The minimum Gasteiger partial charge on any atom is -0.491 e. The number of nitrogens with one attached hydrogen (secondary N) is 1. The average Bonchev–Trinajstić information content (AvgIpc) is 3.19. The number of benzene rings is 1. The summed E-state index contributed by atoms with van der Waals surface area (Å²) in [5, 5.41) is 4.04. The molecule has 1 saturated heterocycles. The predicted octanol–water partition coefficient (Wildman–Crippen LogP) is 2.55. The molecule has 1 aromatic heterocycles. The Balaban J connectivity index is 1.74. The number of thiophene rings is 1. The average molecular weight is 428 g/mol. The normalized spacial score (nSPS) is 17.5. The zero-order valence-corrected chi connectivity index (χ0v) is 17.7. The van der Waals surface area contributed by atoms with Crippen molar-refractivity contribution in [1.29, 1.82) is 0 Å². The second kappa shape index (κ2) is 9.32. The van der Waals surface area contributed by atoms with Crippen LogP contribution in [-0.4, -0.2) is 64.6 Å². The monoisotopic (exact) mass is 427 g/mol. The van der Waals surface area contributed by atoms with Gasteiger partial charge in [0.1, 0.15) is 0 Å². The number of nitrogens with zero attached hydrogens (tertiary/aromatic N) is 2. The van der Waals surface area contributed by atoms with E-state index in [2.05, 4.69) is 21.6 Å². The molecule has 1 fully saturated rings. The number of rotatable bonds is 8. The Hall–Kier alpha value is -1.52. The van der Waals surface area contributed by atoms with E-state index >= 15 is 0 Å². The van der Waals surface area contributed by atoms with Crippen LogP contribution in [0.15, 0.2) is 39.9 Å². The van der Waals surface area contributed by atoms with Gasteiger partial charge in [0.2, 0.25) is 10.0 Å². The largest absolute Gasteiger partial charge is 0.491 e. The molecule has 6 nitrogen and oxygen atoms in total. The van der Waals surface area contributed by atoms with Gasteiger partial charge in [-0.3, -0.25) is 4.90 Å². The number of piperazine rings is 1. The van der Waals surface area contributed by atoms with Crippen LogP contribution in [-0.2, 0) is 10.0 Å². The summed E-state index contributed by atoms with van der Waals surface area (Å²) in [6.45, 7) is 5.92. The highest BCUT2D eigenvalue weighted by atomic mass is 32.2. The second-order valence-electron chi connectivity index (χ2n) is 6.79. The Morgan fingerprint density at radius 1 is 1.25 bits per heavy atom. The van der Waals surface area contributed by atoms with Crippen LogP contribution in [0.2, 0.25) is 0 Å². The van der Waals surface area contributed by atoms with Gasteiger partial charge < -0.3 is 9.64 Å². The lowest BCUT2D eigenvalue weighted by Gasteiger charge is -2.37. The third-order valence-electron chi connectivity index (χ3n) is 4.89. The molecule has 154 valence electrons. The SMILES string of the molecule is CCOc1ccc(S(=O)(=O)NCC(c2ccsc2)N2CCN(C)CC2)cc1F. The molecule has 0 aliphatic carbocycles. The van der Waals surface area contributed by atoms with Gasteiger partial charge in [0.25, 0.3) is 0 Å². The Labute approximate surface area is 170 Å². The fourth-order valence-electron chi connectivity index (χ4n) is 3.25. The maximum Gasteiger partial charge on any atom is 0.240 e. The molecule has 2 heterocycles. The molecule has 1 unspecified atom stereocenters. The van der Waals surface area contributed by atoms with Crippen molar-refractivity contribution >= 4 is 21.4 Å². The molecular weight excluding hydrogens is 401 g/mol. The van der Waals surface area contributed by atoms with Crippen molar-refractivity contribution in [3.63, 3.8) is 0 Å². The summed E-state index contributed by atoms with van der Waals surface area (Å²) in [6, 6.07) is 5.69. The van der Waals surface area contributed by atoms with Crippen molar-refractivity contribution < 1.29 is 17.5 Å². The van der Waals surface area contributed by atoms with Crippen LogP contribution >= 0.6 is 11.3 Å². The van der Waals surface area contributed by atoms with E-state index in [1.165, 1.54) is 12.1 Å². The van der Waals surface area contributed by atoms with Gasteiger partial charge in [-0.05, 0) is 54.6 Å². The fourth-order valence-corrected chi connectivity index (χ4v) is 5.01. The fraction of sp³-hybridized carbons (Fsp3) is 0.474. The summed E-state index contributed by atoms with van der Waals surface area (Å²) in [7, 11) is -1.75. The lowest BCUT2D eigenvalue weighted by molar-refractivity contribution is 0.113. The van der Waals surface area contributed by atoms with Crippen LogP contribution in [0.5, 0.6) is 5.75 Å². The Kier molecular flexibility index (Phi) is 7.05. The smallest absolute Gasteiger partial charge is 0.240 e. The van der Waals surface area contributed by atoms with E-state index in [0.717, 1.165) is 37.8 Å². The van der Waals surface area contributed by atoms with E-state index in [4.69, 9.17) is 4.74 Å². The maximum atomic E-state index is 14.1. The van der Waals surface area contributed by atoms with Crippen LogP contribution in [0.1, 0.15) is 18.5 Å². The summed E-state index contributed by atoms with van der Waals surface area (Å²) < 4.78 is 47.3. The van der Waals surface area contributed by atoms with Gasteiger partial charge in [-0.25, -0.2) is 17.5 Å². The van der Waals surface area contributed by atoms with Gasteiger partial charge in [-0.15, -0.1) is 0 Å². The topological polar surface area (TPSA) is 61.9 Å². The molecule has 2 aromatic rings. The minimum absolute atomic E-state index is 0.0510. The van der Waals surface area contributed by atoms with Gasteiger partial charge >= 0.3 is 0 Å². The maximum absolute atomic E-state index is 14.1. The first-order valence-electron chi connectivity index (χ1n) is 9.27. The first-order valence-corrected chi connectivity index (χ1v) is 11.7. The van der Waals surface area contributed by atoms with Gasteiger partial charge in [0.05, 0.1) is 11.5 Å². The Morgan fingerprint density at radius 3 is 2.61 bits per heavy atom. The van der Waals surface area contributed by atoms with E-state index in [1.54, 1.807) is 18.3 Å². The quantitative estimate of drug-likeness (QED) is 0.702. The first kappa shape index (κ1) is 21.2. The molecule has 9 heteroatoms. The van der Waals surface area contributed by atoms with Crippen molar-refractivity contribution in [2.45, 2.75) is 17.9 Å². The number of likely N-dealkylation sites (N-methyl/N-ethyl adjacent to an activating group) is 1. The molecule has 1 aliphatic heterocycles. The molecule has 3 rings (SSSR count). The van der Waals surface area contributed by atoms with Gasteiger partial charge in [-0.1, -0.05) is 0 Å². The standard InChI is InChI=1S/C19H26FN3O3S2/c1-3-26-19-5-4-16(12-17(19)20)28(24,25)21-13-18(15-6-11-27-14-15)23-9-7-22(2)8-10-23/h4-6,11-12,14,18,21H,3,7-10,13H2,1-2H3. The van der Waals surface area contributed by atoms with E-state index in [1.807, 2.05) is 16.8 Å². The lowest BCUT2D eigenvalue weighted by atomic mass is 10.1. The van der Waals surface area contributed by atoms with E-state index in [-0.39, 0.29) is 23.2 Å². The first-order chi connectivity index (χ1) is 13.4. The van der Waals surface area contributed by atoms with Crippen LogP contribution in [0.25, 0.3) is 0 Å². The predicted molar refractivity (Wildman–Crippen MR) is 109 cm³/mol. The van der Waals surface area contributed by atoms with Crippen LogP contribution < -0.4 is 9.46 Å². The zero-order chi connectivity index (χ0) is 20.1. The highest BCUT2D eigenvalue weighted by Crippen LogP contribution is 2.25. The molecule has 0 radical (unpaired) electrons. The lowest BCUT2D eigenvalue weighted by Crippen LogP contribution is -2.48. The van der Waals surface area contributed by atoms with Crippen molar-refractivity contribution in [3.05, 3.63) is 46.4 Å². The third kappa shape index (κ3) is 5.09. The van der Waals surface area contributed by atoms with Crippen molar-refractivity contribution in [3.8, 4) is 5.75 Å². The Morgan fingerprint density at radius 2 is 2.00 bits per heavy atom. The minimum atomic E-state index is -3.83. The zero-order valence-electron chi connectivity index (χ0n) is 16.1. The molecular formula is C19H26FN3O3S2. The highest BCUT2D eigenvalue weighted by Gasteiger charge is 2.26. The summed E-state index contributed by atoms with van der Waals surface area (Å²) in [5.41, 5.74) is 1.09. The number of ether oxygens (including phenoxy) is 1. The van der Waals surface area contributed by atoms with E-state index in [9.17, 15) is 12.8 Å².